The second-order valence-electron chi connectivity index (χ2n) is 4.96. The zero-order valence-corrected chi connectivity index (χ0v) is 14.0. The summed E-state index contributed by atoms with van der Waals surface area (Å²) in [7, 11) is 0. The molecule has 0 fully saturated rings. The molecule has 122 valence electrons. The predicted octanol–water partition coefficient (Wildman–Crippen LogP) is 4.07. The van der Waals surface area contributed by atoms with Gasteiger partial charge in [0.25, 0.3) is 5.91 Å². The van der Waals surface area contributed by atoms with Gasteiger partial charge in [0.2, 0.25) is 0 Å². The maximum absolute atomic E-state index is 13.1. The molecule has 1 N–H and O–H groups in total. The van der Waals surface area contributed by atoms with Gasteiger partial charge >= 0.3 is 0 Å². The van der Waals surface area contributed by atoms with Gasteiger partial charge in [-0.05, 0) is 42.5 Å². The smallest absolute Gasteiger partial charge is 0.255 e. The van der Waals surface area contributed by atoms with E-state index < -0.39 is 11.7 Å². The molecular weight excluding hydrogens is 377 g/mol. The molecule has 1 heterocycles. The summed E-state index contributed by atoms with van der Waals surface area (Å²) in [5.74, 6) is -0.150. The van der Waals surface area contributed by atoms with Crippen molar-refractivity contribution >= 4 is 27.5 Å². The Morgan fingerprint density at radius 3 is 2.79 bits per heavy atom. The molecule has 1 aromatic heterocycles. The number of nitrogens with one attached hydrogen (secondary N) is 1. The first-order valence-corrected chi connectivity index (χ1v) is 7.87. The second-order valence-corrected chi connectivity index (χ2v) is 5.88. The Morgan fingerprint density at radius 1 is 1.25 bits per heavy atom. The van der Waals surface area contributed by atoms with Crippen LogP contribution < -0.4 is 10.1 Å². The summed E-state index contributed by atoms with van der Waals surface area (Å²) in [5.41, 5.74) is 0.748. The summed E-state index contributed by atoms with van der Waals surface area (Å²) < 4.78 is 21.2. The molecule has 0 saturated carbocycles. The summed E-state index contributed by atoms with van der Waals surface area (Å²) in [6.07, 6.45) is 3.14. The van der Waals surface area contributed by atoms with Crippen LogP contribution in [0.1, 0.15) is 10.4 Å². The van der Waals surface area contributed by atoms with Crippen LogP contribution in [0, 0.1) is 5.82 Å². The van der Waals surface area contributed by atoms with Crippen LogP contribution in [0.5, 0.6) is 5.75 Å². The molecule has 0 aliphatic rings. The number of anilines is 1. The third-order valence-corrected chi connectivity index (χ3v) is 3.68. The zero-order chi connectivity index (χ0) is 16.9. The fourth-order valence-corrected chi connectivity index (χ4v) is 2.27. The number of halogens is 2. The average Bonchev–Trinajstić information content (AvgIpc) is 3.02. The van der Waals surface area contributed by atoms with E-state index in [4.69, 9.17) is 4.74 Å². The molecule has 0 aliphatic heterocycles. The van der Waals surface area contributed by atoms with Crippen molar-refractivity contribution in [3.8, 4) is 5.75 Å². The van der Waals surface area contributed by atoms with Crippen molar-refractivity contribution in [2.24, 2.45) is 0 Å². The fraction of sp³-hybridized carbons (Fsp3) is 0.0588. The number of amides is 1. The lowest BCUT2D eigenvalue weighted by Crippen LogP contribution is -2.11. The predicted molar refractivity (Wildman–Crippen MR) is 91.4 cm³/mol. The maximum atomic E-state index is 13.1. The van der Waals surface area contributed by atoms with E-state index in [0.29, 0.717) is 11.4 Å². The van der Waals surface area contributed by atoms with Crippen LogP contribution in [-0.2, 0) is 6.73 Å². The molecule has 3 aromatic rings. The first-order chi connectivity index (χ1) is 11.6. The van der Waals surface area contributed by atoms with Crippen molar-refractivity contribution in [3.63, 3.8) is 0 Å². The zero-order valence-electron chi connectivity index (χ0n) is 12.4. The van der Waals surface area contributed by atoms with Gasteiger partial charge < -0.3 is 10.1 Å². The molecule has 3 rings (SSSR count). The van der Waals surface area contributed by atoms with Crippen LogP contribution in [-0.4, -0.2) is 15.7 Å². The summed E-state index contributed by atoms with van der Waals surface area (Å²) in [6, 6.07) is 12.9. The minimum atomic E-state index is -0.457. The van der Waals surface area contributed by atoms with Gasteiger partial charge in [-0.1, -0.05) is 22.0 Å². The van der Waals surface area contributed by atoms with Gasteiger partial charge in [0, 0.05) is 10.0 Å². The number of carbonyl (C=O) groups is 1. The molecule has 0 bridgehead atoms. The number of nitrogens with zero attached hydrogens (tertiary/aromatic N) is 2. The highest BCUT2D eigenvalue weighted by Crippen LogP contribution is 2.17. The third kappa shape index (κ3) is 4.20. The Morgan fingerprint density at radius 2 is 2.04 bits per heavy atom. The van der Waals surface area contributed by atoms with Gasteiger partial charge in [-0.25, -0.2) is 9.07 Å². The lowest BCUT2D eigenvalue weighted by atomic mass is 10.2. The minimum absolute atomic E-state index is 0.206. The van der Waals surface area contributed by atoms with E-state index >= 15 is 0 Å². The second kappa shape index (κ2) is 7.27. The summed E-state index contributed by atoms with van der Waals surface area (Å²) in [4.78, 5) is 12.0. The van der Waals surface area contributed by atoms with Gasteiger partial charge in [0.1, 0.15) is 11.6 Å². The lowest BCUT2D eigenvalue weighted by molar-refractivity contribution is 0.102. The largest absolute Gasteiger partial charge is 0.471 e. The van der Waals surface area contributed by atoms with Crippen molar-refractivity contribution in [1.82, 2.24) is 9.78 Å². The Bertz CT molecular complexity index is 849. The van der Waals surface area contributed by atoms with E-state index in [1.165, 1.54) is 24.4 Å². The molecule has 0 spiro atoms. The first-order valence-electron chi connectivity index (χ1n) is 7.08. The summed E-state index contributed by atoms with van der Waals surface area (Å²) in [6.45, 7) is 0.206. The Hall–Kier alpha value is -2.67. The standard InChI is InChI=1S/C17H13BrFN3O2/c18-13-4-6-16(7-5-13)24-11-22-10-15(9-20-22)21-17(23)12-2-1-3-14(19)8-12/h1-10H,11H2,(H,21,23). The molecule has 0 aliphatic carbocycles. The molecule has 24 heavy (non-hydrogen) atoms. The number of hydrogen-bond acceptors (Lipinski definition) is 3. The van der Waals surface area contributed by atoms with Crippen LogP contribution in [0.25, 0.3) is 0 Å². The van der Waals surface area contributed by atoms with E-state index in [0.717, 1.165) is 4.47 Å². The Balaban J connectivity index is 1.59. The van der Waals surface area contributed by atoms with Crippen molar-refractivity contribution in [1.29, 1.82) is 0 Å². The molecule has 0 atom stereocenters. The third-order valence-electron chi connectivity index (χ3n) is 3.16. The molecular formula is C17H13BrFN3O2. The van der Waals surface area contributed by atoms with Crippen molar-refractivity contribution in [2.75, 3.05) is 5.32 Å². The van der Waals surface area contributed by atoms with E-state index in [-0.39, 0.29) is 12.3 Å². The molecule has 0 unspecified atom stereocenters. The Labute approximate surface area is 146 Å². The molecule has 7 heteroatoms. The van der Waals surface area contributed by atoms with E-state index in [9.17, 15) is 9.18 Å². The number of ether oxygens (including phenoxy) is 1. The van der Waals surface area contributed by atoms with Gasteiger partial charge in [-0.3, -0.25) is 4.79 Å². The molecule has 5 nitrogen and oxygen atoms in total. The summed E-state index contributed by atoms with van der Waals surface area (Å²) in [5, 5.41) is 6.77. The molecule has 0 saturated heterocycles. The van der Waals surface area contributed by atoms with Crippen molar-refractivity contribution < 1.29 is 13.9 Å². The number of rotatable bonds is 5. The van der Waals surface area contributed by atoms with Gasteiger partial charge in [0.15, 0.2) is 6.73 Å². The minimum Gasteiger partial charge on any atom is -0.471 e. The SMILES string of the molecule is O=C(Nc1cnn(COc2ccc(Br)cc2)c1)c1cccc(F)c1. The highest BCUT2D eigenvalue weighted by molar-refractivity contribution is 9.10. The van der Waals surface area contributed by atoms with Crippen LogP contribution in [0.4, 0.5) is 10.1 Å². The van der Waals surface area contributed by atoms with Crippen LogP contribution in [0.2, 0.25) is 0 Å². The van der Waals surface area contributed by atoms with Gasteiger partial charge in [0.05, 0.1) is 18.1 Å². The van der Waals surface area contributed by atoms with Gasteiger partial charge in [-0.15, -0.1) is 0 Å². The lowest BCUT2D eigenvalue weighted by Gasteiger charge is -2.06. The number of aromatic nitrogens is 2. The van der Waals surface area contributed by atoms with Crippen LogP contribution >= 0.6 is 15.9 Å². The normalized spacial score (nSPS) is 10.4. The van der Waals surface area contributed by atoms with Crippen molar-refractivity contribution in [2.45, 2.75) is 6.73 Å². The number of hydrogen-bond donors (Lipinski definition) is 1. The molecule has 2 aromatic carbocycles. The molecule has 1 amide bonds. The topological polar surface area (TPSA) is 56.2 Å². The van der Waals surface area contributed by atoms with Crippen LogP contribution in [0.15, 0.2) is 65.4 Å². The highest BCUT2D eigenvalue weighted by Gasteiger charge is 2.08. The monoisotopic (exact) mass is 389 g/mol. The number of benzene rings is 2. The van der Waals surface area contributed by atoms with Crippen molar-refractivity contribution in [3.05, 3.63) is 76.8 Å². The summed E-state index contributed by atoms with van der Waals surface area (Å²) >= 11 is 3.35. The average molecular weight is 390 g/mol. The van der Waals surface area contributed by atoms with Crippen LogP contribution in [0.3, 0.4) is 0 Å². The molecule has 0 radical (unpaired) electrons. The number of carbonyl (C=O) groups excluding carboxylic acids is 1. The van der Waals surface area contributed by atoms with E-state index in [1.54, 1.807) is 16.9 Å². The highest BCUT2D eigenvalue weighted by atomic mass is 79.9. The Kier molecular flexibility index (Phi) is 4.90. The van der Waals surface area contributed by atoms with E-state index in [1.807, 2.05) is 24.3 Å². The maximum Gasteiger partial charge on any atom is 0.255 e. The fourth-order valence-electron chi connectivity index (χ4n) is 2.00. The van der Waals surface area contributed by atoms with Gasteiger partial charge in [-0.2, -0.15) is 5.10 Å². The quantitative estimate of drug-likeness (QED) is 0.715. The van der Waals surface area contributed by atoms with E-state index in [2.05, 4.69) is 26.3 Å². The first kappa shape index (κ1) is 16.2.